The lowest BCUT2D eigenvalue weighted by molar-refractivity contribution is -0.148. The van der Waals surface area contributed by atoms with E-state index in [0.717, 1.165) is 19.2 Å². The van der Waals surface area contributed by atoms with E-state index < -0.39 is 47.9 Å². The van der Waals surface area contributed by atoms with Crippen molar-refractivity contribution in [1.82, 2.24) is 0 Å². The lowest BCUT2D eigenvalue weighted by atomic mass is 9.96. The van der Waals surface area contributed by atoms with Crippen LogP contribution in [0.1, 0.15) is 22.3 Å². The van der Waals surface area contributed by atoms with Crippen LogP contribution in [0.15, 0.2) is 77.8 Å². The topological polar surface area (TPSA) is 114 Å². The number of nitrogens with two attached hydrogens (primary N) is 1. The maximum absolute atomic E-state index is 13.8. The minimum Gasteiger partial charge on any atom is -0.388 e. The van der Waals surface area contributed by atoms with Gasteiger partial charge in [-0.05, 0) is 35.9 Å². The third-order valence-electron chi connectivity index (χ3n) is 6.62. The smallest absolute Gasteiger partial charge is 0.388 e. The number of fused-ring (bicyclic) bond motifs is 1. The van der Waals surface area contributed by atoms with Gasteiger partial charge in [-0.15, -0.1) is 0 Å². The number of hydrogen-bond acceptors (Lipinski definition) is 7. The lowest BCUT2D eigenvalue weighted by Crippen LogP contribution is -2.63. The number of alkyl halides is 3. The SMILES string of the molecule is CO[C@@H](C(=O)C1(N)N=C(c2ccccc2)c2cc(Cl)ccc2N(C)C1=O)[C@@H](O)COCc1ccc(C(F)(F)F)cc1. The Labute approximate surface area is 239 Å². The summed E-state index contributed by atoms with van der Waals surface area (Å²) in [6.45, 7) is -0.599. The lowest BCUT2D eigenvalue weighted by Gasteiger charge is -2.30. The predicted molar refractivity (Wildman–Crippen MR) is 147 cm³/mol. The van der Waals surface area contributed by atoms with Crippen molar-refractivity contribution in [2.24, 2.45) is 10.7 Å². The van der Waals surface area contributed by atoms with Crippen LogP contribution in [0.2, 0.25) is 5.02 Å². The molecule has 1 amide bonds. The molecule has 0 aromatic heterocycles. The number of carbonyl (C=O) groups excluding carboxylic acids is 2. The first kappa shape index (κ1) is 30.4. The molecule has 41 heavy (non-hydrogen) atoms. The molecule has 12 heteroatoms. The number of Topliss-reactive ketones (excluding diaryl/α,β-unsaturated/α-hetero) is 1. The van der Waals surface area contributed by atoms with Crippen molar-refractivity contribution < 1.29 is 37.3 Å². The van der Waals surface area contributed by atoms with Crippen LogP contribution in [-0.2, 0) is 31.8 Å². The van der Waals surface area contributed by atoms with Crippen molar-refractivity contribution in [2.45, 2.75) is 30.7 Å². The molecule has 0 radical (unpaired) electrons. The number of anilines is 1. The molecule has 0 aliphatic carbocycles. The first-order valence-electron chi connectivity index (χ1n) is 12.4. The van der Waals surface area contributed by atoms with Gasteiger partial charge in [-0.2, -0.15) is 13.2 Å². The second kappa shape index (κ2) is 12.1. The van der Waals surface area contributed by atoms with E-state index in [-0.39, 0.29) is 12.3 Å². The van der Waals surface area contributed by atoms with Crippen LogP contribution in [0, 0.1) is 0 Å². The molecule has 4 rings (SSSR count). The fourth-order valence-corrected chi connectivity index (χ4v) is 4.62. The molecule has 0 saturated heterocycles. The van der Waals surface area contributed by atoms with Crippen molar-refractivity contribution in [3.05, 3.63) is 100 Å². The van der Waals surface area contributed by atoms with Crippen LogP contribution < -0.4 is 10.6 Å². The number of rotatable bonds is 9. The van der Waals surface area contributed by atoms with E-state index in [1.807, 2.05) is 0 Å². The summed E-state index contributed by atoms with van der Waals surface area (Å²) in [5.41, 5.74) is 5.27. The Kier molecular flexibility index (Phi) is 8.95. The number of nitrogens with zero attached hydrogens (tertiary/aromatic N) is 2. The van der Waals surface area contributed by atoms with Crippen LogP contribution in [0.5, 0.6) is 0 Å². The molecule has 0 saturated carbocycles. The number of ether oxygens (including phenoxy) is 2. The number of aliphatic hydroxyl groups excluding tert-OH is 1. The number of amides is 1. The Morgan fingerprint density at radius 2 is 1.78 bits per heavy atom. The fourth-order valence-electron chi connectivity index (χ4n) is 4.45. The minimum absolute atomic E-state index is 0.151. The Balaban J connectivity index is 1.60. The highest BCUT2D eigenvalue weighted by molar-refractivity contribution is 6.32. The summed E-state index contributed by atoms with van der Waals surface area (Å²) < 4.78 is 49.1. The summed E-state index contributed by atoms with van der Waals surface area (Å²) in [6, 6.07) is 17.9. The second-order valence-electron chi connectivity index (χ2n) is 9.42. The highest BCUT2D eigenvalue weighted by Crippen LogP contribution is 2.33. The zero-order valence-corrected chi connectivity index (χ0v) is 22.8. The molecule has 0 spiro atoms. The third kappa shape index (κ3) is 6.34. The van der Waals surface area contributed by atoms with E-state index in [4.69, 9.17) is 26.8 Å². The number of carbonyl (C=O) groups is 2. The zero-order valence-electron chi connectivity index (χ0n) is 22.1. The van der Waals surface area contributed by atoms with Crippen LogP contribution in [-0.4, -0.2) is 61.1 Å². The number of ketones is 1. The minimum atomic E-state index is -4.47. The Morgan fingerprint density at radius 1 is 1.12 bits per heavy atom. The number of benzodiazepines with no additional fused rings is 1. The second-order valence-corrected chi connectivity index (χ2v) is 9.85. The van der Waals surface area contributed by atoms with Crippen LogP contribution >= 0.6 is 11.6 Å². The van der Waals surface area contributed by atoms with Crippen LogP contribution in [0.4, 0.5) is 18.9 Å². The molecule has 8 nitrogen and oxygen atoms in total. The van der Waals surface area contributed by atoms with Gasteiger partial charge in [-0.3, -0.25) is 15.3 Å². The summed E-state index contributed by atoms with van der Waals surface area (Å²) in [7, 11) is 2.60. The van der Waals surface area contributed by atoms with Crippen molar-refractivity contribution >= 4 is 34.7 Å². The summed E-state index contributed by atoms with van der Waals surface area (Å²) in [5, 5.41) is 11.2. The summed E-state index contributed by atoms with van der Waals surface area (Å²) in [4.78, 5) is 33.1. The average Bonchev–Trinajstić information content (AvgIpc) is 3.03. The first-order chi connectivity index (χ1) is 19.4. The number of methoxy groups -OCH3 is 1. The first-order valence-corrected chi connectivity index (χ1v) is 12.8. The standard InChI is InChI=1S/C29H27ClF3N3O5/c1-36-22-13-12-20(30)14-21(22)24(18-6-4-3-5-7-18)35-28(34,27(36)39)26(38)25(40-2)23(37)16-41-15-17-8-10-19(11-9-17)29(31,32)33/h3-14,23,25,37H,15-16,34H2,1-2H3/t23-,25+,28?/m0/s1. The Morgan fingerprint density at radius 3 is 2.39 bits per heavy atom. The maximum atomic E-state index is 13.8. The van der Waals surface area contributed by atoms with Gasteiger partial charge in [0.15, 0.2) is 0 Å². The molecule has 0 bridgehead atoms. The molecule has 1 aliphatic rings. The van der Waals surface area contributed by atoms with Crippen LogP contribution in [0.3, 0.4) is 0 Å². The number of hydrogen-bond donors (Lipinski definition) is 2. The monoisotopic (exact) mass is 589 g/mol. The van der Waals surface area contributed by atoms with Gasteiger partial charge >= 0.3 is 6.18 Å². The molecular formula is C29H27ClF3N3O5. The summed E-state index contributed by atoms with van der Waals surface area (Å²) >= 11 is 6.26. The fraction of sp³-hybridized carbons (Fsp3) is 0.276. The molecule has 3 aromatic carbocycles. The number of aliphatic hydroxyl groups is 1. The highest BCUT2D eigenvalue weighted by Gasteiger charge is 2.51. The molecular weight excluding hydrogens is 563 g/mol. The van der Waals surface area contributed by atoms with Gasteiger partial charge in [0.05, 0.1) is 30.2 Å². The third-order valence-corrected chi connectivity index (χ3v) is 6.85. The van der Waals surface area contributed by atoms with Crippen molar-refractivity contribution in [3.63, 3.8) is 0 Å². The van der Waals surface area contributed by atoms with E-state index in [1.165, 1.54) is 24.1 Å². The normalized spacial score (nSPS) is 18.8. The summed E-state index contributed by atoms with van der Waals surface area (Å²) in [6.07, 6.45) is -7.69. The predicted octanol–water partition coefficient (Wildman–Crippen LogP) is 3.99. The summed E-state index contributed by atoms with van der Waals surface area (Å²) in [5.74, 6) is -1.88. The highest BCUT2D eigenvalue weighted by atomic mass is 35.5. The number of halogens is 4. The van der Waals surface area contributed by atoms with E-state index in [1.54, 1.807) is 48.5 Å². The number of aliphatic imine (C=N–C) groups is 1. The Hall–Kier alpha value is -3.61. The van der Waals surface area contributed by atoms with Gasteiger partial charge in [0, 0.05) is 30.3 Å². The van der Waals surface area contributed by atoms with Gasteiger partial charge in [-0.25, -0.2) is 4.99 Å². The van der Waals surface area contributed by atoms with Gasteiger partial charge in [0.1, 0.15) is 12.2 Å². The van der Waals surface area contributed by atoms with Crippen molar-refractivity contribution in [1.29, 1.82) is 0 Å². The molecule has 3 atom stereocenters. The van der Waals surface area contributed by atoms with Crippen molar-refractivity contribution in [3.8, 4) is 0 Å². The van der Waals surface area contributed by atoms with Crippen molar-refractivity contribution in [2.75, 3.05) is 25.7 Å². The van der Waals surface area contributed by atoms with Gasteiger partial charge in [-0.1, -0.05) is 54.1 Å². The van der Waals surface area contributed by atoms with Gasteiger partial charge in [0.25, 0.3) is 5.91 Å². The van der Waals surface area contributed by atoms with Gasteiger partial charge < -0.3 is 19.5 Å². The van der Waals surface area contributed by atoms with E-state index in [2.05, 4.69) is 4.99 Å². The molecule has 3 aromatic rings. The van der Waals surface area contributed by atoms with E-state index in [0.29, 0.717) is 27.4 Å². The molecule has 1 unspecified atom stereocenters. The van der Waals surface area contributed by atoms with E-state index in [9.17, 15) is 27.9 Å². The molecule has 1 aliphatic heterocycles. The average molecular weight is 590 g/mol. The molecule has 3 N–H and O–H groups in total. The van der Waals surface area contributed by atoms with Crippen LogP contribution in [0.25, 0.3) is 0 Å². The van der Waals surface area contributed by atoms with Gasteiger partial charge in [0.2, 0.25) is 11.4 Å². The van der Waals surface area contributed by atoms with E-state index >= 15 is 0 Å². The number of likely N-dealkylation sites (N-methyl/N-ethyl adjacent to an activating group) is 1. The maximum Gasteiger partial charge on any atom is 0.416 e. The Bertz CT molecular complexity index is 1450. The largest absolute Gasteiger partial charge is 0.416 e. The molecule has 216 valence electrons. The molecule has 0 fully saturated rings. The number of benzene rings is 3. The quantitative estimate of drug-likeness (QED) is 0.365. The molecule has 1 heterocycles. The zero-order chi connectivity index (χ0) is 29.9.